The lowest BCUT2D eigenvalue weighted by molar-refractivity contribution is 0.595. The molecule has 1 unspecified atom stereocenters. The van der Waals surface area contributed by atoms with Crippen molar-refractivity contribution in [3.8, 4) is 11.3 Å². The molecule has 0 saturated heterocycles. The van der Waals surface area contributed by atoms with Crippen LogP contribution in [0.4, 0.5) is 0 Å². The SMILES string of the molecule is CCCC(CN)c1ncc(-c2ccc(CC)cc2)[nH]1. The standard InChI is InChI=1S/C16H23N3/c1-3-5-14(10-17)16-18-11-15(19-16)13-8-6-12(4-2)7-9-13/h6-9,11,14H,3-5,10,17H2,1-2H3,(H,18,19). The van der Waals surface area contributed by atoms with Crippen molar-refractivity contribution in [3.63, 3.8) is 0 Å². The van der Waals surface area contributed by atoms with Gasteiger partial charge in [-0.2, -0.15) is 0 Å². The van der Waals surface area contributed by atoms with E-state index in [0.717, 1.165) is 30.8 Å². The number of aryl methyl sites for hydroxylation is 1. The highest BCUT2D eigenvalue weighted by molar-refractivity contribution is 5.58. The van der Waals surface area contributed by atoms with Crippen molar-refractivity contribution in [1.29, 1.82) is 0 Å². The summed E-state index contributed by atoms with van der Waals surface area (Å²) in [6.07, 6.45) is 5.19. The summed E-state index contributed by atoms with van der Waals surface area (Å²) in [5, 5.41) is 0. The van der Waals surface area contributed by atoms with Crippen molar-refractivity contribution < 1.29 is 0 Å². The third-order valence-corrected chi connectivity index (χ3v) is 3.58. The third-order valence-electron chi connectivity index (χ3n) is 3.58. The summed E-state index contributed by atoms with van der Waals surface area (Å²) >= 11 is 0. The number of rotatable bonds is 6. The van der Waals surface area contributed by atoms with Gasteiger partial charge in [0.25, 0.3) is 0 Å². The van der Waals surface area contributed by atoms with E-state index < -0.39 is 0 Å². The molecule has 0 spiro atoms. The number of hydrogen-bond donors (Lipinski definition) is 2. The van der Waals surface area contributed by atoms with Crippen molar-refractivity contribution in [2.75, 3.05) is 6.54 Å². The second kappa shape index (κ2) is 6.53. The summed E-state index contributed by atoms with van der Waals surface area (Å²) in [5.41, 5.74) is 9.43. The largest absolute Gasteiger partial charge is 0.342 e. The Morgan fingerprint density at radius 1 is 1.21 bits per heavy atom. The normalized spacial score (nSPS) is 12.6. The first-order valence-corrected chi connectivity index (χ1v) is 7.12. The van der Waals surface area contributed by atoms with Gasteiger partial charge >= 0.3 is 0 Å². The molecule has 2 aromatic rings. The zero-order valence-corrected chi connectivity index (χ0v) is 11.8. The lowest BCUT2D eigenvalue weighted by atomic mass is 10.0. The van der Waals surface area contributed by atoms with E-state index in [2.05, 4.69) is 48.1 Å². The minimum atomic E-state index is 0.341. The summed E-state index contributed by atoms with van der Waals surface area (Å²) in [7, 11) is 0. The predicted molar refractivity (Wildman–Crippen MR) is 80.1 cm³/mol. The van der Waals surface area contributed by atoms with Crippen molar-refractivity contribution in [1.82, 2.24) is 9.97 Å². The number of aromatic nitrogens is 2. The van der Waals surface area contributed by atoms with E-state index in [1.54, 1.807) is 0 Å². The Bertz CT molecular complexity index is 499. The molecule has 1 aromatic heterocycles. The van der Waals surface area contributed by atoms with Gasteiger partial charge in [-0.25, -0.2) is 4.98 Å². The van der Waals surface area contributed by atoms with Crippen LogP contribution in [0.25, 0.3) is 11.3 Å². The second-order valence-electron chi connectivity index (χ2n) is 4.95. The van der Waals surface area contributed by atoms with E-state index in [-0.39, 0.29) is 0 Å². The van der Waals surface area contributed by atoms with Crippen LogP contribution in [0, 0.1) is 0 Å². The molecule has 0 bridgehead atoms. The number of imidazole rings is 1. The first kappa shape index (κ1) is 13.8. The highest BCUT2D eigenvalue weighted by Crippen LogP contribution is 2.22. The van der Waals surface area contributed by atoms with Gasteiger partial charge in [-0.05, 0) is 24.0 Å². The zero-order valence-electron chi connectivity index (χ0n) is 11.8. The Morgan fingerprint density at radius 2 is 1.95 bits per heavy atom. The average Bonchev–Trinajstić information content (AvgIpc) is 2.94. The van der Waals surface area contributed by atoms with E-state index in [1.165, 1.54) is 11.1 Å². The molecule has 2 rings (SSSR count). The number of aromatic amines is 1. The Hall–Kier alpha value is -1.61. The number of hydrogen-bond acceptors (Lipinski definition) is 2. The van der Waals surface area contributed by atoms with Crippen LogP contribution in [0.2, 0.25) is 0 Å². The van der Waals surface area contributed by atoms with Gasteiger partial charge in [0.1, 0.15) is 5.82 Å². The van der Waals surface area contributed by atoms with Crippen LogP contribution in [0.1, 0.15) is 44.0 Å². The molecular formula is C16H23N3. The molecule has 0 aliphatic heterocycles. The van der Waals surface area contributed by atoms with Gasteiger partial charge in [0.05, 0.1) is 11.9 Å². The molecule has 0 amide bonds. The quantitative estimate of drug-likeness (QED) is 0.832. The summed E-state index contributed by atoms with van der Waals surface area (Å²) in [6, 6.07) is 8.63. The van der Waals surface area contributed by atoms with Crippen LogP contribution >= 0.6 is 0 Å². The topological polar surface area (TPSA) is 54.7 Å². The molecule has 3 heteroatoms. The molecule has 3 nitrogen and oxygen atoms in total. The van der Waals surface area contributed by atoms with E-state index in [9.17, 15) is 0 Å². The van der Waals surface area contributed by atoms with Crippen LogP contribution in [0.3, 0.4) is 0 Å². The average molecular weight is 257 g/mol. The zero-order chi connectivity index (χ0) is 13.7. The first-order valence-electron chi connectivity index (χ1n) is 7.12. The lowest BCUT2D eigenvalue weighted by Gasteiger charge is -2.10. The molecule has 102 valence electrons. The predicted octanol–water partition coefficient (Wildman–Crippen LogP) is 3.48. The fourth-order valence-corrected chi connectivity index (χ4v) is 2.33. The fraction of sp³-hybridized carbons (Fsp3) is 0.438. The lowest BCUT2D eigenvalue weighted by Crippen LogP contribution is -2.13. The molecule has 19 heavy (non-hydrogen) atoms. The van der Waals surface area contributed by atoms with Gasteiger partial charge in [0.15, 0.2) is 0 Å². The monoisotopic (exact) mass is 257 g/mol. The Kier molecular flexibility index (Phi) is 4.74. The molecule has 0 radical (unpaired) electrons. The molecule has 1 aromatic carbocycles. The van der Waals surface area contributed by atoms with E-state index in [4.69, 9.17) is 5.73 Å². The number of nitrogens with two attached hydrogens (primary N) is 1. The van der Waals surface area contributed by atoms with Gasteiger partial charge in [-0.1, -0.05) is 44.5 Å². The van der Waals surface area contributed by atoms with Crippen molar-refractivity contribution >= 4 is 0 Å². The molecule has 0 saturated carbocycles. The molecule has 3 N–H and O–H groups in total. The Morgan fingerprint density at radius 3 is 2.53 bits per heavy atom. The van der Waals surface area contributed by atoms with E-state index >= 15 is 0 Å². The van der Waals surface area contributed by atoms with E-state index in [1.807, 2.05) is 6.20 Å². The third kappa shape index (κ3) is 3.24. The highest BCUT2D eigenvalue weighted by Gasteiger charge is 2.13. The summed E-state index contributed by atoms with van der Waals surface area (Å²) < 4.78 is 0. The number of nitrogens with one attached hydrogen (secondary N) is 1. The minimum Gasteiger partial charge on any atom is -0.342 e. The van der Waals surface area contributed by atoms with Crippen LogP contribution in [-0.4, -0.2) is 16.5 Å². The smallest absolute Gasteiger partial charge is 0.110 e. The van der Waals surface area contributed by atoms with Crippen LogP contribution in [-0.2, 0) is 6.42 Å². The van der Waals surface area contributed by atoms with E-state index in [0.29, 0.717) is 12.5 Å². The summed E-state index contributed by atoms with van der Waals surface area (Å²) in [5.74, 6) is 1.35. The Balaban J connectivity index is 2.19. The molecule has 0 fully saturated rings. The second-order valence-corrected chi connectivity index (χ2v) is 4.95. The molecule has 1 heterocycles. The van der Waals surface area contributed by atoms with Gasteiger partial charge < -0.3 is 10.7 Å². The summed E-state index contributed by atoms with van der Waals surface area (Å²) in [4.78, 5) is 7.90. The van der Waals surface area contributed by atoms with Gasteiger partial charge in [0.2, 0.25) is 0 Å². The maximum absolute atomic E-state index is 5.82. The van der Waals surface area contributed by atoms with Gasteiger partial charge in [-0.15, -0.1) is 0 Å². The number of nitrogens with zero attached hydrogens (tertiary/aromatic N) is 1. The number of H-pyrrole nitrogens is 1. The maximum atomic E-state index is 5.82. The van der Waals surface area contributed by atoms with Crippen LogP contribution in [0.5, 0.6) is 0 Å². The Labute approximate surface area is 115 Å². The van der Waals surface area contributed by atoms with Crippen LogP contribution < -0.4 is 5.73 Å². The first-order chi connectivity index (χ1) is 9.28. The fourth-order valence-electron chi connectivity index (χ4n) is 2.33. The highest BCUT2D eigenvalue weighted by atomic mass is 14.9. The van der Waals surface area contributed by atoms with Gasteiger partial charge in [0, 0.05) is 12.5 Å². The summed E-state index contributed by atoms with van der Waals surface area (Å²) in [6.45, 7) is 4.99. The minimum absolute atomic E-state index is 0.341. The molecular weight excluding hydrogens is 234 g/mol. The van der Waals surface area contributed by atoms with Crippen molar-refractivity contribution in [2.45, 2.75) is 39.0 Å². The molecule has 0 aliphatic carbocycles. The molecule has 0 aliphatic rings. The van der Waals surface area contributed by atoms with Crippen molar-refractivity contribution in [2.24, 2.45) is 5.73 Å². The number of benzene rings is 1. The van der Waals surface area contributed by atoms with Crippen LogP contribution in [0.15, 0.2) is 30.5 Å². The van der Waals surface area contributed by atoms with Crippen molar-refractivity contribution in [3.05, 3.63) is 41.9 Å². The molecule has 1 atom stereocenters. The maximum Gasteiger partial charge on any atom is 0.110 e. The van der Waals surface area contributed by atoms with Gasteiger partial charge in [-0.3, -0.25) is 0 Å².